The molecule has 0 saturated heterocycles. The van der Waals surface area contributed by atoms with Gasteiger partial charge in [0.05, 0.1) is 12.3 Å². The van der Waals surface area contributed by atoms with Crippen LogP contribution in [0.1, 0.15) is 32.3 Å². The minimum absolute atomic E-state index is 0.0492. The van der Waals surface area contributed by atoms with E-state index in [2.05, 4.69) is 20.2 Å². The Morgan fingerprint density at radius 2 is 2.20 bits per heavy atom. The van der Waals surface area contributed by atoms with Gasteiger partial charge >= 0.3 is 0 Å². The lowest BCUT2D eigenvalue weighted by Crippen LogP contribution is -2.47. The molecule has 0 aromatic carbocycles. The molecule has 3 N–H and O–H groups in total. The van der Waals surface area contributed by atoms with Crippen molar-refractivity contribution in [2.24, 2.45) is 0 Å². The first-order valence-corrected chi connectivity index (χ1v) is 8.42. The molecule has 0 atom stereocenters. The summed E-state index contributed by atoms with van der Waals surface area (Å²) in [6.07, 6.45) is 3.17. The summed E-state index contributed by atoms with van der Waals surface area (Å²) >= 11 is 0. The molecule has 1 aromatic rings. The lowest BCUT2D eigenvalue weighted by Gasteiger charge is -2.34. The van der Waals surface area contributed by atoms with Crippen LogP contribution in [0.4, 0.5) is 0 Å². The lowest BCUT2D eigenvalue weighted by atomic mass is 9.90. The van der Waals surface area contributed by atoms with E-state index in [1.807, 2.05) is 13.8 Å². The molecule has 0 amide bonds. The van der Waals surface area contributed by atoms with E-state index >= 15 is 0 Å². The van der Waals surface area contributed by atoms with Crippen molar-refractivity contribution in [2.45, 2.75) is 50.4 Å². The molecule has 20 heavy (non-hydrogen) atoms. The Labute approximate surface area is 119 Å². The zero-order valence-corrected chi connectivity index (χ0v) is 12.7. The number of aromatic amines is 1. The van der Waals surface area contributed by atoms with Gasteiger partial charge in [0.25, 0.3) is 10.0 Å². The van der Waals surface area contributed by atoms with Gasteiger partial charge in [-0.3, -0.25) is 5.10 Å². The number of ether oxygens (including phenoxy) is 1. The molecule has 0 aliphatic heterocycles. The maximum atomic E-state index is 12.3. The van der Waals surface area contributed by atoms with E-state index < -0.39 is 10.0 Å². The van der Waals surface area contributed by atoms with Gasteiger partial charge in [0.1, 0.15) is 0 Å². The minimum Gasteiger partial charge on any atom is -0.378 e. The third-order valence-corrected chi connectivity index (χ3v) is 4.87. The zero-order valence-electron chi connectivity index (χ0n) is 11.8. The Bertz CT molecular complexity index is 523. The average Bonchev–Trinajstić information content (AvgIpc) is 2.83. The number of nitrogens with one attached hydrogen (secondary N) is 3. The molecule has 1 aromatic heterocycles. The number of hydrogen-bond acceptors (Lipinski definition) is 5. The normalized spacial score (nSPS) is 22.7. The molecule has 0 bridgehead atoms. The highest BCUT2D eigenvalue weighted by molar-refractivity contribution is 7.89. The van der Waals surface area contributed by atoms with Crippen LogP contribution in [0.25, 0.3) is 0 Å². The van der Waals surface area contributed by atoms with Crippen LogP contribution in [0.3, 0.4) is 0 Å². The maximum absolute atomic E-state index is 12.3. The Balaban J connectivity index is 1.95. The first kappa shape index (κ1) is 15.4. The van der Waals surface area contributed by atoms with Gasteiger partial charge < -0.3 is 10.1 Å². The number of nitrogens with zero attached hydrogens (tertiary/aromatic N) is 1. The van der Waals surface area contributed by atoms with Gasteiger partial charge in [0, 0.05) is 24.8 Å². The fourth-order valence-corrected chi connectivity index (χ4v) is 3.62. The first-order valence-electron chi connectivity index (χ1n) is 6.93. The highest BCUT2D eigenvalue weighted by atomic mass is 32.2. The minimum atomic E-state index is -3.54. The number of aromatic nitrogens is 2. The Morgan fingerprint density at radius 3 is 2.85 bits per heavy atom. The van der Waals surface area contributed by atoms with E-state index in [1.54, 1.807) is 6.20 Å². The van der Waals surface area contributed by atoms with Gasteiger partial charge in [0.2, 0.25) is 0 Å². The summed E-state index contributed by atoms with van der Waals surface area (Å²) in [5, 5.41) is 9.65. The molecule has 0 unspecified atom stereocenters. The first-order chi connectivity index (χ1) is 9.56. The third-order valence-electron chi connectivity index (χ3n) is 3.33. The summed E-state index contributed by atoms with van der Waals surface area (Å²) in [4.78, 5) is 0. The molecule has 8 heteroatoms. The summed E-state index contributed by atoms with van der Waals surface area (Å²) in [6, 6.07) is -0.0492. The van der Waals surface area contributed by atoms with Gasteiger partial charge in [-0.1, -0.05) is 6.92 Å². The second-order valence-corrected chi connectivity index (χ2v) is 6.52. The summed E-state index contributed by atoms with van der Waals surface area (Å²) in [6.45, 7) is 5.83. The van der Waals surface area contributed by atoms with Crippen molar-refractivity contribution in [3.05, 3.63) is 11.8 Å². The van der Waals surface area contributed by atoms with Gasteiger partial charge in [-0.15, -0.1) is 0 Å². The van der Waals surface area contributed by atoms with Crippen LogP contribution in [0.2, 0.25) is 0 Å². The molecule has 0 radical (unpaired) electrons. The summed E-state index contributed by atoms with van der Waals surface area (Å²) in [5.74, 6) is 0. The van der Waals surface area contributed by atoms with Crippen LogP contribution < -0.4 is 10.0 Å². The number of hydrogen-bond donors (Lipinski definition) is 3. The lowest BCUT2D eigenvalue weighted by molar-refractivity contribution is -0.00477. The van der Waals surface area contributed by atoms with E-state index in [4.69, 9.17) is 4.74 Å². The van der Waals surface area contributed by atoms with Gasteiger partial charge in [-0.05, 0) is 26.3 Å². The standard InChI is InChI=1S/C12H22N4O3S/c1-3-13-7-9-8-14-15-12(9)20(17,18)16-10-5-11(6-10)19-4-2/h8,10-11,13,16H,3-7H2,1-2H3,(H,14,15). The van der Waals surface area contributed by atoms with Crippen LogP contribution in [-0.4, -0.2) is 43.9 Å². The van der Waals surface area contributed by atoms with Crippen molar-refractivity contribution >= 4 is 10.0 Å². The quantitative estimate of drug-likeness (QED) is 0.644. The molecule has 114 valence electrons. The van der Waals surface area contributed by atoms with E-state index in [0.717, 1.165) is 19.4 Å². The molecule has 1 fully saturated rings. The van der Waals surface area contributed by atoms with Crippen LogP contribution >= 0.6 is 0 Å². The zero-order chi connectivity index (χ0) is 14.6. The number of H-pyrrole nitrogens is 1. The molecular formula is C12H22N4O3S. The maximum Gasteiger partial charge on any atom is 0.258 e. The second kappa shape index (κ2) is 6.66. The topological polar surface area (TPSA) is 96.1 Å². The SMILES string of the molecule is CCNCc1cn[nH]c1S(=O)(=O)NC1CC(OCC)C1. The fraction of sp³-hybridized carbons (Fsp3) is 0.750. The van der Waals surface area contributed by atoms with Crippen molar-refractivity contribution < 1.29 is 13.2 Å². The highest BCUT2D eigenvalue weighted by Gasteiger charge is 2.34. The highest BCUT2D eigenvalue weighted by Crippen LogP contribution is 2.25. The van der Waals surface area contributed by atoms with Crippen molar-refractivity contribution in [3.63, 3.8) is 0 Å². The largest absolute Gasteiger partial charge is 0.378 e. The van der Waals surface area contributed by atoms with E-state index in [-0.39, 0.29) is 17.2 Å². The van der Waals surface area contributed by atoms with Crippen molar-refractivity contribution in [3.8, 4) is 0 Å². The fourth-order valence-electron chi connectivity index (χ4n) is 2.23. The molecule has 0 spiro atoms. The van der Waals surface area contributed by atoms with Crippen LogP contribution in [0.5, 0.6) is 0 Å². The summed E-state index contributed by atoms with van der Waals surface area (Å²) < 4.78 is 32.7. The van der Waals surface area contributed by atoms with Crippen molar-refractivity contribution in [2.75, 3.05) is 13.2 Å². The molecule has 1 aliphatic carbocycles. The summed E-state index contributed by atoms with van der Waals surface area (Å²) in [5.41, 5.74) is 0.653. The van der Waals surface area contributed by atoms with Gasteiger partial charge in [0.15, 0.2) is 5.03 Å². The van der Waals surface area contributed by atoms with Gasteiger partial charge in [-0.25, -0.2) is 13.1 Å². The molecule has 1 saturated carbocycles. The molecule has 1 aliphatic rings. The number of rotatable bonds is 8. The van der Waals surface area contributed by atoms with Crippen LogP contribution in [-0.2, 0) is 21.3 Å². The summed E-state index contributed by atoms with van der Waals surface area (Å²) in [7, 11) is -3.54. The van der Waals surface area contributed by atoms with Crippen molar-refractivity contribution in [1.29, 1.82) is 0 Å². The van der Waals surface area contributed by atoms with E-state index in [0.29, 0.717) is 18.7 Å². The predicted octanol–water partition coefficient (Wildman–Crippen LogP) is 0.365. The Kier molecular flexibility index (Phi) is 5.14. The molecule has 1 heterocycles. The Morgan fingerprint density at radius 1 is 1.45 bits per heavy atom. The van der Waals surface area contributed by atoms with Crippen LogP contribution in [0, 0.1) is 0 Å². The predicted molar refractivity (Wildman–Crippen MR) is 74.7 cm³/mol. The Hall–Kier alpha value is -0.960. The monoisotopic (exact) mass is 302 g/mol. The number of sulfonamides is 1. The molecule has 2 rings (SSSR count). The van der Waals surface area contributed by atoms with E-state index in [9.17, 15) is 8.42 Å². The molecular weight excluding hydrogens is 280 g/mol. The second-order valence-electron chi connectivity index (χ2n) is 4.87. The molecule has 7 nitrogen and oxygen atoms in total. The average molecular weight is 302 g/mol. The van der Waals surface area contributed by atoms with Gasteiger partial charge in [-0.2, -0.15) is 5.10 Å². The van der Waals surface area contributed by atoms with Crippen molar-refractivity contribution in [1.82, 2.24) is 20.2 Å². The smallest absolute Gasteiger partial charge is 0.258 e. The third kappa shape index (κ3) is 3.57. The van der Waals surface area contributed by atoms with Crippen LogP contribution in [0.15, 0.2) is 11.2 Å². The van der Waals surface area contributed by atoms with E-state index in [1.165, 1.54) is 0 Å².